The molecule has 1 aliphatic heterocycles. The molecular weight excluding hydrogens is 221 g/mol. The third-order valence-corrected chi connectivity index (χ3v) is 2.87. The van der Waals surface area contributed by atoms with E-state index in [9.17, 15) is 4.39 Å². The molecule has 0 aromatic heterocycles. The summed E-state index contributed by atoms with van der Waals surface area (Å²) in [6, 6.07) is 4.76. The lowest BCUT2D eigenvalue weighted by atomic mass is 10.1. The van der Waals surface area contributed by atoms with Crippen LogP contribution in [0.5, 0.6) is 5.75 Å². The largest absolute Gasteiger partial charge is 0.493 e. The van der Waals surface area contributed by atoms with Gasteiger partial charge < -0.3 is 15.2 Å². The molecule has 3 nitrogen and oxygen atoms in total. The Labute approximate surface area is 101 Å². The highest BCUT2D eigenvalue weighted by Gasteiger charge is 2.16. The quantitative estimate of drug-likeness (QED) is 0.851. The molecule has 0 amide bonds. The van der Waals surface area contributed by atoms with Gasteiger partial charge in [0.15, 0.2) is 0 Å². The van der Waals surface area contributed by atoms with Crippen LogP contribution in [0.1, 0.15) is 12.0 Å². The molecule has 1 aromatic rings. The van der Waals surface area contributed by atoms with Crippen molar-refractivity contribution in [2.75, 3.05) is 26.4 Å². The van der Waals surface area contributed by atoms with Gasteiger partial charge in [-0.25, -0.2) is 4.39 Å². The van der Waals surface area contributed by atoms with Crippen molar-refractivity contribution in [1.29, 1.82) is 0 Å². The van der Waals surface area contributed by atoms with Crippen LogP contribution in [-0.4, -0.2) is 26.4 Å². The summed E-state index contributed by atoms with van der Waals surface area (Å²) in [5.74, 6) is 0.741. The lowest BCUT2D eigenvalue weighted by molar-refractivity contribution is 0.167. The summed E-state index contributed by atoms with van der Waals surface area (Å²) in [5.41, 5.74) is 6.33. The molecule has 1 fully saturated rings. The van der Waals surface area contributed by atoms with Crippen molar-refractivity contribution < 1.29 is 13.9 Å². The van der Waals surface area contributed by atoms with E-state index in [0.29, 0.717) is 31.2 Å². The molecule has 0 radical (unpaired) electrons. The number of hydrogen-bond donors (Lipinski definition) is 1. The maximum absolute atomic E-state index is 13.3. The molecule has 2 rings (SSSR count). The summed E-state index contributed by atoms with van der Waals surface area (Å²) in [6.07, 6.45) is 1.69. The van der Waals surface area contributed by atoms with Gasteiger partial charge in [0.05, 0.1) is 13.2 Å². The fourth-order valence-corrected chi connectivity index (χ4v) is 1.94. The van der Waals surface area contributed by atoms with Gasteiger partial charge >= 0.3 is 0 Å². The highest BCUT2D eigenvalue weighted by atomic mass is 19.1. The van der Waals surface area contributed by atoms with E-state index < -0.39 is 0 Å². The zero-order valence-electron chi connectivity index (χ0n) is 9.82. The number of nitrogens with two attached hydrogens (primary N) is 1. The first kappa shape index (κ1) is 12.3. The minimum Gasteiger partial charge on any atom is -0.493 e. The van der Waals surface area contributed by atoms with E-state index in [1.54, 1.807) is 0 Å². The molecule has 1 aliphatic rings. The number of hydrogen-bond acceptors (Lipinski definition) is 3. The van der Waals surface area contributed by atoms with Gasteiger partial charge in [0.2, 0.25) is 0 Å². The first-order valence-corrected chi connectivity index (χ1v) is 5.98. The molecule has 1 saturated heterocycles. The average molecular weight is 239 g/mol. The van der Waals surface area contributed by atoms with E-state index >= 15 is 0 Å². The molecule has 1 atom stereocenters. The third-order valence-electron chi connectivity index (χ3n) is 2.87. The first-order chi connectivity index (χ1) is 8.28. The second-order valence-electron chi connectivity index (χ2n) is 4.37. The van der Waals surface area contributed by atoms with Crippen LogP contribution < -0.4 is 10.5 Å². The summed E-state index contributed by atoms with van der Waals surface area (Å²) in [6.45, 7) is 2.64. The van der Waals surface area contributed by atoms with Gasteiger partial charge in [-0.15, -0.1) is 0 Å². The molecule has 17 heavy (non-hydrogen) atoms. The van der Waals surface area contributed by atoms with Crippen LogP contribution in [0.15, 0.2) is 18.2 Å². The van der Waals surface area contributed by atoms with Crippen molar-refractivity contribution in [2.24, 2.45) is 11.7 Å². The first-order valence-electron chi connectivity index (χ1n) is 5.98. The van der Waals surface area contributed by atoms with Crippen LogP contribution >= 0.6 is 0 Å². The van der Waals surface area contributed by atoms with Crippen LogP contribution in [-0.2, 0) is 11.2 Å². The van der Waals surface area contributed by atoms with Crippen LogP contribution in [0.4, 0.5) is 4.39 Å². The maximum Gasteiger partial charge on any atom is 0.127 e. The Morgan fingerprint density at radius 2 is 2.29 bits per heavy atom. The van der Waals surface area contributed by atoms with Gasteiger partial charge in [0, 0.05) is 18.6 Å². The van der Waals surface area contributed by atoms with Crippen molar-refractivity contribution in [3.8, 4) is 5.75 Å². The van der Waals surface area contributed by atoms with Crippen molar-refractivity contribution in [1.82, 2.24) is 0 Å². The Morgan fingerprint density at radius 1 is 1.41 bits per heavy atom. The second-order valence-corrected chi connectivity index (χ2v) is 4.37. The Hall–Kier alpha value is -1.13. The van der Waals surface area contributed by atoms with E-state index in [0.717, 1.165) is 25.2 Å². The van der Waals surface area contributed by atoms with Crippen molar-refractivity contribution in [3.05, 3.63) is 29.6 Å². The van der Waals surface area contributed by atoms with Gasteiger partial charge in [0.1, 0.15) is 11.6 Å². The molecule has 1 heterocycles. The van der Waals surface area contributed by atoms with Gasteiger partial charge in [-0.2, -0.15) is 0 Å². The van der Waals surface area contributed by atoms with Gasteiger partial charge in [0.25, 0.3) is 0 Å². The summed E-state index contributed by atoms with van der Waals surface area (Å²) < 4.78 is 24.2. The fourth-order valence-electron chi connectivity index (χ4n) is 1.94. The minimum absolute atomic E-state index is 0.270. The summed E-state index contributed by atoms with van der Waals surface area (Å²) in [7, 11) is 0. The molecule has 0 aliphatic carbocycles. The smallest absolute Gasteiger partial charge is 0.127 e. The Bertz CT molecular complexity index is 364. The standard InChI is InChI=1S/C13H18FNO2/c14-12-5-10(1-3-15)6-13(7-12)17-9-11-2-4-16-8-11/h5-7,11H,1-4,8-9,15H2. The van der Waals surface area contributed by atoms with Crippen LogP contribution in [0.3, 0.4) is 0 Å². The van der Waals surface area contributed by atoms with Crippen LogP contribution in [0.2, 0.25) is 0 Å². The highest BCUT2D eigenvalue weighted by Crippen LogP contribution is 2.19. The van der Waals surface area contributed by atoms with Crippen LogP contribution in [0.25, 0.3) is 0 Å². The summed E-state index contributed by atoms with van der Waals surface area (Å²) in [5, 5.41) is 0. The highest BCUT2D eigenvalue weighted by molar-refractivity contribution is 5.29. The number of ether oxygens (including phenoxy) is 2. The normalized spacial score (nSPS) is 19.5. The molecule has 4 heteroatoms. The zero-order valence-corrected chi connectivity index (χ0v) is 9.82. The van der Waals surface area contributed by atoms with E-state index in [1.165, 1.54) is 12.1 Å². The lowest BCUT2D eigenvalue weighted by Gasteiger charge is -2.11. The SMILES string of the molecule is NCCc1cc(F)cc(OCC2CCOC2)c1. The monoisotopic (exact) mass is 239 g/mol. The summed E-state index contributed by atoms with van der Waals surface area (Å²) >= 11 is 0. The molecule has 1 aromatic carbocycles. The van der Waals surface area contributed by atoms with Gasteiger partial charge in [-0.3, -0.25) is 0 Å². The topological polar surface area (TPSA) is 44.5 Å². The average Bonchev–Trinajstić information content (AvgIpc) is 2.79. The van der Waals surface area contributed by atoms with Gasteiger partial charge in [-0.1, -0.05) is 0 Å². The predicted molar refractivity (Wildman–Crippen MR) is 63.6 cm³/mol. The molecule has 1 unspecified atom stereocenters. The summed E-state index contributed by atoms with van der Waals surface area (Å²) in [4.78, 5) is 0. The zero-order chi connectivity index (χ0) is 12.1. The lowest BCUT2D eigenvalue weighted by Crippen LogP contribution is -2.12. The Morgan fingerprint density at radius 3 is 3.00 bits per heavy atom. The Kier molecular flexibility index (Phi) is 4.34. The van der Waals surface area contributed by atoms with Crippen molar-refractivity contribution in [3.63, 3.8) is 0 Å². The maximum atomic E-state index is 13.3. The van der Waals surface area contributed by atoms with E-state index in [4.69, 9.17) is 15.2 Å². The molecule has 0 bridgehead atoms. The van der Waals surface area contributed by atoms with Crippen molar-refractivity contribution in [2.45, 2.75) is 12.8 Å². The fraction of sp³-hybridized carbons (Fsp3) is 0.538. The van der Waals surface area contributed by atoms with E-state index in [-0.39, 0.29) is 5.82 Å². The molecule has 0 saturated carbocycles. The predicted octanol–water partition coefficient (Wildman–Crippen LogP) is 1.74. The number of halogens is 1. The molecule has 94 valence electrons. The molecule has 2 N–H and O–H groups in total. The van der Waals surface area contributed by atoms with E-state index in [2.05, 4.69) is 0 Å². The van der Waals surface area contributed by atoms with Crippen molar-refractivity contribution >= 4 is 0 Å². The van der Waals surface area contributed by atoms with Gasteiger partial charge in [-0.05, 0) is 37.1 Å². The number of benzene rings is 1. The molecule has 0 spiro atoms. The third kappa shape index (κ3) is 3.68. The van der Waals surface area contributed by atoms with E-state index in [1.807, 2.05) is 6.07 Å². The Balaban J connectivity index is 1.94. The minimum atomic E-state index is -0.270. The second kappa shape index (κ2) is 5.98. The van der Waals surface area contributed by atoms with Crippen LogP contribution in [0, 0.1) is 11.7 Å². The number of rotatable bonds is 5. The molecular formula is C13H18FNO2.